The van der Waals surface area contributed by atoms with E-state index in [2.05, 4.69) is 21.2 Å². The Hall–Kier alpha value is -0.630. The van der Waals surface area contributed by atoms with E-state index in [1.165, 1.54) is 12.1 Å². The summed E-state index contributed by atoms with van der Waals surface area (Å²) in [6, 6.07) is 2.89. The maximum Gasteiger partial charge on any atom is 0.253 e. The second-order valence-corrected chi connectivity index (χ2v) is 6.88. The van der Waals surface area contributed by atoms with Gasteiger partial charge in [-0.25, -0.2) is 13.6 Å². The van der Waals surface area contributed by atoms with Crippen LogP contribution in [0.5, 0.6) is 0 Å². The predicted molar refractivity (Wildman–Crippen MR) is 71.0 cm³/mol. The van der Waals surface area contributed by atoms with Crippen LogP contribution in [0.2, 0.25) is 5.02 Å². The summed E-state index contributed by atoms with van der Waals surface area (Å²) in [6.45, 7) is 0. The molecule has 8 heteroatoms. The van der Waals surface area contributed by atoms with E-state index in [4.69, 9.17) is 16.7 Å². The number of rotatable bonds is 3. The van der Waals surface area contributed by atoms with Gasteiger partial charge in [0.05, 0.1) is 10.6 Å². The SMILES string of the molecule is NS(=O)(=O)c1cc(Br)cc(C(=O)NC2CC2)c1Cl. The fourth-order valence-corrected chi connectivity index (χ4v) is 3.21. The summed E-state index contributed by atoms with van der Waals surface area (Å²) >= 11 is 9.05. The molecule has 1 aromatic rings. The lowest BCUT2D eigenvalue weighted by Gasteiger charge is -2.09. The molecule has 5 nitrogen and oxygen atoms in total. The number of primary sulfonamides is 1. The minimum Gasteiger partial charge on any atom is -0.349 e. The first-order valence-corrected chi connectivity index (χ1v) is 7.83. The molecule has 98 valence electrons. The number of nitrogens with one attached hydrogen (secondary N) is 1. The Labute approximate surface area is 118 Å². The molecule has 1 aliphatic carbocycles. The summed E-state index contributed by atoms with van der Waals surface area (Å²) < 4.78 is 23.1. The molecule has 0 atom stereocenters. The first-order chi connectivity index (χ1) is 8.29. The molecule has 1 fully saturated rings. The molecule has 3 N–H and O–H groups in total. The fourth-order valence-electron chi connectivity index (χ4n) is 1.43. The number of nitrogens with two attached hydrogens (primary N) is 1. The van der Waals surface area contributed by atoms with Crippen molar-refractivity contribution in [3.8, 4) is 0 Å². The number of carbonyl (C=O) groups is 1. The van der Waals surface area contributed by atoms with Crippen LogP contribution in [0.4, 0.5) is 0 Å². The molecule has 0 bridgehead atoms. The Morgan fingerprint density at radius 2 is 2.06 bits per heavy atom. The lowest BCUT2D eigenvalue weighted by Crippen LogP contribution is -2.26. The van der Waals surface area contributed by atoms with E-state index in [-0.39, 0.29) is 21.5 Å². The Kier molecular flexibility index (Phi) is 3.68. The number of benzene rings is 1. The highest BCUT2D eigenvalue weighted by Gasteiger charge is 2.27. The first kappa shape index (κ1) is 13.8. The van der Waals surface area contributed by atoms with Gasteiger partial charge in [0.2, 0.25) is 10.0 Å². The van der Waals surface area contributed by atoms with Crippen LogP contribution in [0, 0.1) is 0 Å². The third kappa shape index (κ3) is 3.03. The molecule has 1 aromatic carbocycles. The zero-order chi connectivity index (χ0) is 13.5. The molecule has 1 aliphatic rings. The summed E-state index contributed by atoms with van der Waals surface area (Å²) in [5, 5.41) is 7.63. The van der Waals surface area contributed by atoms with Crippen LogP contribution in [-0.4, -0.2) is 20.4 Å². The maximum absolute atomic E-state index is 11.9. The van der Waals surface area contributed by atoms with E-state index in [1.54, 1.807) is 0 Å². The maximum atomic E-state index is 11.9. The Bertz CT molecular complexity index is 614. The van der Waals surface area contributed by atoms with Gasteiger partial charge in [0.1, 0.15) is 4.90 Å². The number of amides is 1. The van der Waals surface area contributed by atoms with Crippen molar-refractivity contribution >= 4 is 43.5 Å². The van der Waals surface area contributed by atoms with E-state index in [9.17, 15) is 13.2 Å². The number of hydrogen-bond donors (Lipinski definition) is 2. The fraction of sp³-hybridized carbons (Fsp3) is 0.300. The average Bonchev–Trinajstić information content (AvgIpc) is 3.03. The van der Waals surface area contributed by atoms with E-state index >= 15 is 0 Å². The van der Waals surface area contributed by atoms with Crippen LogP contribution < -0.4 is 10.5 Å². The highest BCUT2D eigenvalue weighted by atomic mass is 79.9. The van der Waals surface area contributed by atoms with E-state index in [0.717, 1.165) is 12.8 Å². The van der Waals surface area contributed by atoms with Crippen molar-refractivity contribution in [1.82, 2.24) is 5.32 Å². The zero-order valence-electron chi connectivity index (χ0n) is 9.11. The summed E-state index contributed by atoms with van der Waals surface area (Å²) in [5.41, 5.74) is 0.0990. The molecule has 0 unspecified atom stereocenters. The third-order valence-corrected chi connectivity index (χ3v) is 4.38. The molecular weight excluding hydrogens is 344 g/mol. The highest BCUT2D eigenvalue weighted by molar-refractivity contribution is 9.10. The second kappa shape index (κ2) is 4.80. The topological polar surface area (TPSA) is 89.3 Å². The van der Waals surface area contributed by atoms with E-state index in [0.29, 0.717) is 4.47 Å². The second-order valence-electron chi connectivity index (χ2n) is 4.06. The van der Waals surface area contributed by atoms with Crippen LogP contribution >= 0.6 is 27.5 Å². The van der Waals surface area contributed by atoms with Crippen LogP contribution in [0.3, 0.4) is 0 Å². The summed E-state index contributed by atoms with van der Waals surface area (Å²) in [6.07, 6.45) is 1.86. The summed E-state index contributed by atoms with van der Waals surface area (Å²) in [7, 11) is -3.97. The van der Waals surface area contributed by atoms with Crippen molar-refractivity contribution in [2.75, 3.05) is 0 Å². The van der Waals surface area contributed by atoms with Gasteiger partial charge in [0.15, 0.2) is 0 Å². The van der Waals surface area contributed by atoms with Gasteiger partial charge in [-0.1, -0.05) is 27.5 Å². The van der Waals surface area contributed by atoms with Gasteiger partial charge in [0.25, 0.3) is 5.91 Å². The van der Waals surface area contributed by atoms with Gasteiger partial charge < -0.3 is 5.32 Å². The van der Waals surface area contributed by atoms with Crippen molar-refractivity contribution < 1.29 is 13.2 Å². The number of sulfonamides is 1. The van der Waals surface area contributed by atoms with Gasteiger partial charge >= 0.3 is 0 Å². The monoisotopic (exact) mass is 352 g/mol. The Morgan fingerprint density at radius 1 is 1.44 bits per heavy atom. The number of carbonyl (C=O) groups excluding carboxylic acids is 1. The minimum atomic E-state index is -3.97. The molecule has 0 radical (unpaired) electrons. The molecule has 0 spiro atoms. The molecule has 0 saturated heterocycles. The number of hydrogen-bond acceptors (Lipinski definition) is 3. The minimum absolute atomic E-state index is 0.0990. The van der Waals surface area contributed by atoms with Crippen molar-refractivity contribution in [2.45, 2.75) is 23.8 Å². The quantitative estimate of drug-likeness (QED) is 0.865. The summed E-state index contributed by atoms with van der Waals surface area (Å²) in [5.74, 6) is -0.395. The van der Waals surface area contributed by atoms with Gasteiger partial charge in [0, 0.05) is 10.5 Å². The lowest BCUT2D eigenvalue weighted by atomic mass is 10.2. The molecule has 0 aromatic heterocycles. The molecule has 18 heavy (non-hydrogen) atoms. The zero-order valence-corrected chi connectivity index (χ0v) is 12.3. The molecule has 0 heterocycles. The van der Waals surface area contributed by atoms with Crippen LogP contribution in [0.1, 0.15) is 23.2 Å². The Morgan fingerprint density at radius 3 is 2.56 bits per heavy atom. The van der Waals surface area contributed by atoms with E-state index in [1.807, 2.05) is 0 Å². The van der Waals surface area contributed by atoms with Crippen molar-refractivity contribution in [1.29, 1.82) is 0 Å². The molecule has 1 saturated carbocycles. The summed E-state index contributed by atoms with van der Waals surface area (Å²) in [4.78, 5) is 11.6. The van der Waals surface area contributed by atoms with Crippen LogP contribution in [-0.2, 0) is 10.0 Å². The number of halogens is 2. The molecular formula is C10H10BrClN2O3S. The van der Waals surface area contributed by atoms with Crippen LogP contribution in [0.25, 0.3) is 0 Å². The van der Waals surface area contributed by atoms with Crippen molar-refractivity contribution in [2.24, 2.45) is 5.14 Å². The van der Waals surface area contributed by atoms with Gasteiger partial charge in [-0.3, -0.25) is 4.79 Å². The van der Waals surface area contributed by atoms with Crippen LogP contribution in [0.15, 0.2) is 21.5 Å². The standard InChI is InChI=1S/C10H10BrClN2O3S/c11-5-3-7(10(15)14-6-1-2-6)9(12)8(4-5)18(13,16)17/h3-4,6H,1-2H2,(H,14,15)(H2,13,16,17). The van der Waals surface area contributed by atoms with Gasteiger partial charge in [-0.15, -0.1) is 0 Å². The normalized spacial score (nSPS) is 15.5. The Balaban J connectivity index is 2.47. The van der Waals surface area contributed by atoms with E-state index < -0.39 is 15.9 Å². The van der Waals surface area contributed by atoms with Crippen molar-refractivity contribution in [3.63, 3.8) is 0 Å². The molecule has 1 amide bonds. The predicted octanol–water partition coefficient (Wildman–Crippen LogP) is 1.64. The largest absolute Gasteiger partial charge is 0.349 e. The highest BCUT2D eigenvalue weighted by Crippen LogP contribution is 2.29. The first-order valence-electron chi connectivity index (χ1n) is 5.12. The smallest absolute Gasteiger partial charge is 0.253 e. The molecule has 0 aliphatic heterocycles. The molecule has 2 rings (SSSR count). The van der Waals surface area contributed by atoms with Crippen molar-refractivity contribution in [3.05, 3.63) is 27.2 Å². The average molecular weight is 354 g/mol. The third-order valence-electron chi connectivity index (χ3n) is 2.47. The van der Waals surface area contributed by atoms with Gasteiger partial charge in [-0.2, -0.15) is 0 Å². The van der Waals surface area contributed by atoms with Gasteiger partial charge in [-0.05, 0) is 25.0 Å². The lowest BCUT2D eigenvalue weighted by molar-refractivity contribution is 0.0951.